The van der Waals surface area contributed by atoms with Gasteiger partial charge in [-0.2, -0.15) is 0 Å². The Balaban J connectivity index is 1.56. The summed E-state index contributed by atoms with van der Waals surface area (Å²) in [6.07, 6.45) is 3.94. The van der Waals surface area contributed by atoms with Crippen LogP contribution >= 0.6 is 0 Å². The van der Waals surface area contributed by atoms with E-state index < -0.39 is 14.8 Å². The second-order valence-corrected chi connectivity index (χ2v) is 12.4. The highest BCUT2D eigenvalue weighted by Crippen LogP contribution is 2.39. The summed E-state index contributed by atoms with van der Waals surface area (Å²) in [6.45, 7) is 10.5. The van der Waals surface area contributed by atoms with E-state index in [1.54, 1.807) is 20.8 Å². The summed E-state index contributed by atoms with van der Waals surface area (Å²) >= 11 is 0. The van der Waals surface area contributed by atoms with Crippen molar-refractivity contribution in [1.29, 1.82) is 0 Å². The molecule has 1 fully saturated rings. The first kappa shape index (κ1) is 22.7. The van der Waals surface area contributed by atoms with E-state index in [4.69, 9.17) is 0 Å². The fourth-order valence-electron chi connectivity index (χ4n) is 4.30. The fraction of sp³-hybridized carbons (Fsp3) is 0.520. The first-order chi connectivity index (χ1) is 14.0. The normalized spacial score (nSPS) is 22.5. The van der Waals surface area contributed by atoms with Crippen molar-refractivity contribution in [2.45, 2.75) is 71.1 Å². The Labute approximate surface area is 182 Å². The van der Waals surface area contributed by atoms with Crippen molar-refractivity contribution in [3.8, 4) is 0 Å². The summed E-state index contributed by atoms with van der Waals surface area (Å²) in [5, 5.41) is 3.46. The van der Waals surface area contributed by atoms with E-state index in [2.05, 4.69) is 48.2 Å². The molecule has 1 aliphatic carbocycles. The van der Waals surface area contributed by atoms with Gasteiger partial charge in [-0.25, -0.2) is 8.42 Å². The minimum atomic E-state index is -3.41. The Morgan fingerprint density at radius 1 is 0.833 bits per heavy atom. The second-order valence-electron chi connectivity index (χ2n) is 10.0. The molecule has 0 heterocycles. The van der Waals surface area contributed by atoms with Crippen LogP contribution in [0.5, 0.6) is 0 Å². The Bertz CT molecular complexity index is 919. The van der Waals surface area contributed by atoms with Gasteiger partial charge in [-0.15, -0.1) is 0 Å². The first-order valence-corrected chi connectivity index (χ1v) is 12.5. The number of sulfonamides is 1. The summed E-state index contributed by atoms with van der Waals surface area (Å²) in [4.78, 5) is 0. The minimum Gasteiger partial charge on any atom is -0.381 e. The van der Waals surface area contributed by atoms with E-state index in [0.717, 1.165) is 23.1 Å². The van der Waals surface area contributed by atoms with Gasteiger partial charge in [0.1, 0.15) is 0 Å². The molecule has 2 atom stereocenters. The molecule has 30 heavy (non-hydrogen) atoms. The van der Waals surface area contributed by atoms with E-state index in [9.17, 15) is 8.42 Å². The van der Waals surface area contributed by atoms with Crippen LogP contribution < -0.4 is 10.0 Å². The molecule has 0 bridgehead atoms. The number of hydrogen-bond acceptors (Lipinski definition) is 3. The highest BCUT2D eigenvalue weighted by atomic mass is 32.2. The van der Waals surface area contributed by atoms with Gasteiger partial charge < -0.3 is 5.32 Å². The summed E-state index contributed by atoms with van der Waals surface area (Å²) in [5.74, 6) is 2.31. The number of rotatable bonds is 6. The Morgan fingerprint density at radius 2 is 1.37 bits per heavy atom. The molecule has 1 aliphatic rings. The molecule has 2 unspecified atom stereocenters. The number of benzene rings is 2. The van der Waals surface area contributed by atoms with Gasteiger partial charge >= 0.3 is 0 Å². The summed E-state index contributed by atoms with van der Waals surface area (Å²) in [7, 11) is -3.41. The highest BCUT2D eigenvalue weighted by molar-refractivity contribution is 7.94. The fourth-order valence-corrected chi connectivity index (χ4v) is 5.05. The van der Waals surface area contributed by atoms with Crippen molar-refractivity contribution in [2.75, 3.05) is 10.0 Å². The third-order valence-electron chi connectivity index (χ3n) is 6.07. The average Bonchev–Trinajstić information content (AvgIpc) is 2.66. The zero-order chi connectivity index (χ0) is 21.9. The van der Waals surface area contributed by atoms with E-state index in [0.29, 0.717) is 18.2 Å². The predicted octanol–water partition coefficient (Wildman–Crippen LogP) is 6.38. The molecule has 4 nitrogen and oxygen atoms in total. The largest absolute Gasteiger partial charge is 0.381 e. The predicted molar refractivity (Wildman–Crippen MR) is 127 cm³/mol. The molecule has 2 N–H and O–H groups in total. The van der Waals surface area contributed by atoms with Gasteiger partial charge in [-0.1, -0.05) is 38.1 Å². The Morgan fingerprint density at radius 3 is 1.90 bits per heavy atom. The van der Waals surface area contributed by atoms with Crippen molar-refractivity contribution >= 4 is 21.4 Å². The quantitative estimate of drug-likeness (QED) is 0.561. The minimum absolute atomic E-state index is 0.592. The monoisotopic (exact) mass is 428 g/mol. The van der Waals surface area contributed by atoms with Gasteiger partial charge in [0.15, 0.2) is 0 Å². The zero-order valence-electron chi connectivity index (χ0n) is 18.9. The third-order valence-corrected chi connectivity index (χ3v) is 8.19. The van der Waals surface area contributed by atoms with Crippen LogP contribution in [-0.2, 0) is 16.6 Å². The molecule has 0 aliphatic heterocycles. The van der Waals surface area contributed by atoms with Gasteiger partial charge in [0.05, 0.1) is 4.75 Å². The number of anilines is 2. The van der Waals surface area contributed by atoms with Gasteiger partial charge in [0.25, 0.3) is 0 Å². The Hall–Kier alpha value is -2.01. The molecule has 0 spiro atoms. The molecular weight excluding hydrogens is 392 g/mol. The lowest BCUT2D eigenvalue weighted by Crippen LogP contribution is -2.33. The summed E-state index contributed by atoms with van der Waals surface area (Å²) < 4.78 is 26.4. The summed E-state index contributed by atoms with van der Waals surface area (Å²) in [6, 6.07) is 16.4. The van der Waals surface area contributed by atoms with Crippen LogP contribution in [0.2, 0.25) is 0 Å². The maximum atomic E-state index is 12.3. The van der Waals surface area contributed by atoms with Crippen molar-refractivity contribution in [3.63, 3.8) is 0 Å². The lowest BCUT2D eigenvalue weighted by Gasteiger charge is -2.31. The van der Waals surface area contributed by atoms with Crippen LogP contribution in [-0.4, -0.2) is 13.2 Å². The lowest BCUT2D eigenvalue weighted by molar-refractivity contribution is 0.268. The number of nitrogens with one attached hydrogen (secondary N) is 2. The molecule has 1 saturated carbocycles. The van der Waals surface area contributed by atoms with Crippen molar-refractivity contribution in [3.05, 3.63) is 59.7 Å². The topological polar surface area (TPSA) is 58.2 Å². The molecule has 0 amide bonds. The van der Waals surface area contributed by atoms with Crippen LogP contribution in [0.1, 0.15) is 70.9 Å². The molecule has 3 rings (SSSR count). The van der Waals surface area contributed by atoms with E-state index >= 15 is 0 Å². The van der Waals surface area contributed by atoms with Crippen molar-refractivity contribution in [2.24, 2.45) is 11.8 Å². The van der Waals surface area contributed by atoms with Gasteiger partial charge in [-0.3, -0.25) is 4.72 Å². The molecule has 164 valence electrons. The molecular formula is C25H36N2O2S. The van der Waals surface area contributed by atoms with Gasteiger partial charge in [-0.05, 0) is 93.2 Å². The smallest absolute Gasteiger partial charge is 0.237 e. The summed E-state index contributed by atoms with van der Waals surface area (Å²) in [5.41, 5.74) is 4.25. The van der Waals surface area contributed by atoms with Crippen molar-refractivity contribution in [1.82, 2.24) is 0 Å². The van der Waals surface area contributed by atoms with Crippen LogP contribution in [0.25, 0.3) is 0 Å². The SMILES string of the molecule is CC1CC(C)CC(c2ccc(NCc3ccc(NS(=O)(=O)C(C)(C)C)cc3)cc2)C1. The first-order valence-electron chi connectivity index (χ1n) is 11.0. The van der Waals surface area contributed by atoms with Crippen molar-refractivity contribution < 1.29 is 8.42 Å². The van der Waals surface area contributed by atoms with E-state index in [1.807, 2.05) is 24.3 Å². The highest BCUT2D eigenvalue weighted by Gasteiger charge is 2.28. The molecule has 0 saturated heterocycles. The maximum absolute atomic E-state index is 12.3. The average molecular weight is 429 g/mol. The van der Waals surface area contributed by atoms with Crippen LogP contribution in [0, 0.1) is 11.8 Å². The van der Waals surface area contributed by atoms with Crippen LogP contribution in [0.3, 0.4) is 0 Å². The third kappa shape index (κ3) is 5.78. The standard InChI is InChI=1S/C25H36N2O2S/c1-18-14-19(2)16-22(15-18)21-8-12-23(13-9-21)26-17-20-6-10-24(11-7-20)27-30(28,29)25(3,4)5/h6-13,18-19,22,26-27H,14-17H2,1-5H3. The maximum Gasteiger partial charge on any atom is 0.237 e. The van der Waals surface area contributed by atoms with Crippen LogP contribution in [0.4, 0.5) is 11.4 Å². The zero-order valence-corrected chi connectivity index (χ0v) is 19.7. The molecule has 0 aromatic heterocycles. The van der Waals surface area contributed by atoms with E-state index in [-0.39, 0.29) is 0 Å². The molecule has 5 heteroatoms. The number of hydrogen-bond donors (Lipinski definition) is 2. The Kier molecular flexibility index (Phi) is 6.81. The molecule has 2 aromatic carbocycles. The molecule has 2 aromatic rings. The van der Waals surface area contributed by atoms with Gasteiger partial charge in [0, 0.05) is 17.9 Å². The van der Waals surface area contributed by atoms with E-state index in [1.165, 1.54) is 24.8 Å². The van der Waals surface area contributed by atoms with Gasteiger partial charge in [0.2, 0.25) is 10.0 Å². The second kappa shape index (κ2) is 9.01. The lowest BCUT2D eigenvalue weighted by atomic mass is 9.74. The molecule has 0 radical (unpaired) electrons. The van der Waals surface area contributed by atoms with Crippen LogP contribution in [0.15, 0.2) is 48.5 Å².